The van der Waals surface area contributed by atoms with Gasteiger partial charge in [0.25, 0.3) is 0 Å². The molecule has 0 atom stereocenters. The minimum atomic E-state index is 0.746. The van der Waals surface area contributed by atoms with Gasteiger partial charge in [0, 0.05) is 18.9 Å². The molecule has 0 bridgehead atoms. The van der Waals surface area contributed by atoms with E-state index in [0.29, 0.717) is 0 Å². The number of nitrogens with one attached hydrogen (secondary N) is 1. The molecule has 0 aliphatic heterocycles. The zero-order valence-corrected chi connectivity index (χ0v) is 11.7. The van der Waals surface area contributed by atoms with Gasteiger partial charge in [-0.2, -0.15) is 0 Å². The summed E-state index contributed by atoms with van der Waals surface area (Å²) >= 11 is 0. The molecule has 102 valence electrons. The lowest BCUT2D eigenvalue weighted by Crippen LogP contribution is -2.12. The highest BCUT2D eigenvalue weighted by Crippen LogP contribution is 2.29. The van der Waals surface area contributed by atoms with Crippen molar-refractivity contribution in [3.63, 3.8) is 0 Å². The summed E-state index contributed by atoms with van der Waals surface area (Å²) in [5.41, 5.74) is 1.90. The van der Waals surface area contributed by atoms with Crippen molar-refractivity contribution in [1.29, 1.82) is 0 Å². The molecule has 2 heterocycles. The Labute approximate surface area is 117 Å². The van der Waals surface area contributed by atoms with E-state index >= 15 is 0 Å². The number of hydrogen-bond donors (Lipinski definition) is 1. The summed E-state index contributed by atoms with van der Waals surface area (Å²) < 4.78 is 5.18. The van der Waals surface area contributed by atoms with Gasteiger partial charge in [0.15, 0.2) is 0 Å². The van der Waals surface area contributed by atoms with Crippen molar-refractivity contribution in [1.82, 2.24) is 15.0 Å². The third kappa shape index (κ3) is 2.07. The Bertz CT molecular complexity index is 733. The normalized spacial score (nSPS) is 10.8. The first-order valence-electron chi connectivity index (χ1n) is 6.38. The number of fused-ring (bicyclic) bond motifs is 1. The fourth-order valence-electron chi connectivity index (χ4n) is 2.22. The number of nitrogens with zero attached hydrogens (tertiary/aromatic N) is 3. The second-order valence-corrected chi connectivity index (χ2v) is 4.59. The molecule has 3 rings (SSSR count). The molecule has 0 saturated carbocycles. The fourth-order valence-corrected chi connectivity index (χ4v) is 2.22. The quantitative estimate of drug-likeness (QED) is 0.793. The van der Waals surface area contributed by atoms with Crippen LogP contribution in [0.4, 0.5) is 11.5 Å². The second-order valence-electron chi connectivity index (χ2n) is 4.59. The Balaban J connectivity index is 2.06. The highest BCUT2D eigenvalue weighted by molar-refractivity contribution is 5.89. The van der Waals surface area contributed by atoms with Crippen molar-refractivity contribution in [3.05, 3.63) is 42.4 Å². The molecule has 0 aliphatic rings. The number of anilines is 2. The van der Waals surface area contributed by atoms with E-state index in [0.717, 1.165) is 34.1 Å². The van der Waals surface area contributed by atoms with E-state index in [9.17, 15) is 0 Å². The van der Waals surface area contributed by atoms with Crippen LogP contribution >= 0.6 is 0 Å². The van der Waals surface area contributed by atoms with E-state index in [2.05, 4.69) is 15.0 Å². The molecule has 0 amide bonds. The highest BCUT2D eigenvalue weighted by Gasteiger charge is 2.12. The maximum atomic E-state index is 5.18. The van der Waals surface area contributed by atoms with Crippen LogP contribution in [-0.4, -0.2) is 29.1 Å². The molecule has 2 aromatic heterocycles. The van der Waals surface area contributed by atoms with Crippen molar-refractivity contribution in [3.8, 4) is 5.75 Å². The number of rotatable bonds is 3. The van der Waals surface area contributed by atoms with Crippen LogP contribution in [0.5, 0.6) is 5.75 Å². The van der Waals surface area contributed by atoms with Gasteiger partial charge >= 0.3 is 0 Å². The van der Waals surface area contributed by atoms with Gasteiger partial charge in [0.2, 0.25) is 0 Å². The minimum Gasteiger partial charge on any atom is -0.497 e. The smallest absolute Gasteiger partial charge is 0.146 e. The number of benzene rings is 1. The number of aromatic amines is 1. The summed E-state index contributed by atoms with van der Waals surface area (Å²) in [6.07, 6.45) is 1.88. The van der Waals surface area contributed by atoms with Crippen LogP contribution in [0.1, 0.15) is 5.82 Å². The number of hydrogen-bond acceptors (Lipinski definition) is 4. The Morgan fingerprint density at radius 2 is 1.85 bits per heavy atom. The van der Waals surface area contributed by atoms with Gasteiger partial charge in [0.05, 0.1) is 12.5 Å². The minimum absolute atomic E-state index is 0.746. The van der Waals surface area contributed by atoms with Gasteiger partial charge in [-0.1, -0.05) is 0 Å². The first-order valence-corrected chi connectivity index (χ1v) is 6.38. The molecule has 0 fully saturated rings. The number of ether oxygens (including phenoxy) is 1. The molecule has 1 N–H and O–H groups in total. The molecule has 0 saturated heterocycles. The highest BCUT2D eigenvalue weighted by atomic mass is 16.5. The number of aryl methyl sites for hydroxylation is 1. The number of methoxy groups -OCH3 is 1. The van der Waals surface area contributed by atoms with E-state index in [4.69, 9.17) is 4.74 Å². The predicted molar refractivity (Wildman–Crippen MR) is 79.7 cm³/mol. The van der Waals surface area contributed by atoms with Gasteiger partial charge in [-0.15, -0.1) is 0 Å². The Morgan fingerprint density at radius 3 is 2.55 bits per heavy atom. The van der Waals surface area contributed by atoms with E-state index in [1.54, 1.807) is 7.11 Å². The Morgan fingerprint density at radius 1 is 1.10 bits per heavy atom. The molecule has 0 aliphatic carbocycles. The predicted octanol–water partition coefficient (Wildman–Crippen LogP) is 3.04. The number of H-pyrrole nitrogens is 1. The average Bonchev–Trinajstić information content (AvgIpc) is 2.94. The number of aromatic nitrogens is 3. The molecular weight excluding hydrogens is 252 g/mol. The van der Waals surface area contributed by atoms with Gasteiger partial charge < -0.3 is 14.6 Å². The van der Waals surface area contributed by atoms with Crippen LogP contribution in [0.15, 0.2) is 36.5 Å². The standard InChI is InChI=1S/C15H16N4O/c1-10-17-14-13(8-9-16-14)15(18-10)19(2)11-4-6-12(20-3)7-5-11/h4-9H,1-3H3,(H,16,17,18). The van der Waals surface area contributed by atoms with Crippen molar-refractivity contribution in [2.45, 2.75) is 6.92 Å². The first kappa shape index (κ1) is 12.5. The van der Waals surface area contributed by atoms with E-state index in [-0.39, 0.29) is 0 Å². The lowest BCUT2D eigenvalue weighted by molar-refractivity contribution is 0.415. The van der Waals surface area contributed by atoms with Gasteiger partial charge in [-0.3, -0.25) is 0 Å². The maximum absolute atomic E-state index is 5.18. The van der Waals surface area contributed by atoms with Crippen molar-refractivity contribution in [2.75, 3.05) is 19.1 Å². The summed E-state index contributed by atoms with van der Waals surface area (Å²) in [5, 5.41) is 1.01. The molecule has 3 aromatic rings. The van der Waals surface area contributed by atoms with Crippen LogP contribution < -0.4 is 9.64 Å². The average molecular weight is 268 g/mol. The summed E-state index contributed by atoms with van der Waals surface area (Å²) in [7, 11) is 3.66. The van der Waals surface area contributed by atoms with Gasteiger partial charge in [-0.25, -0.2) is 9.97 Å². The molecule has 0 radical (unpaired) electrons. The van der Waals surface area contributed by atoms with E-state index in [1.165, 1.54) is 0 Å². The van der Waals surface area contributed by atoms with Gasteiger partial charge in [0.1, 0.15) is 23.0 Å². The fraction of sp³-hybridized carbons (Fsp3) is 0.200. The van der Waals surface area contributed by atoms with Crippen LogP contribution in [0.3, 0.4) is 0 Å². The summed E-state index contributed by atoms with van der Waals surface area (Å²) in [6, 6.07) is 9.88. The summed E-state index contributed by atoms with van der Waals surface area (Å²) in [5.74, 6) is 2.47. The second kappa shape index (κ2) is 4.85. The molecule has 20 heavy (non-hydrogen) atoms. The molecule has 1 aromatic carbocycles. The van der Waals surface area contributed by atoms with E-state index < -0.39 is 0 Å². The van der Waals surface area contributed by atoms with Crippen molar-refractivity contribution in [2.24, 2.45) is 0 Å². The van der Waals surface area contributed by atoms with Crippen molar-refractivity contribution < 1.29 is 4.74 Å². The molecule has 5 heteroatoms. The first-order chi connectivity index (χ1) is 9.69. The van der Waals surface area contributed by atoms with Gasteiger partial charge in [-0.05, 0) is 37.3 Å². The Hall–Kier alpha value is -2.56. The lowest BCUT2D eigenvalue weighted by Gasteiger charge is -2.19. The SMILES string of the molecule is COc1ccc(N(C)c2nc(C)nc3[nH]ccc23)cc1. The topological polar surface area (TPSA) is 54.0 Å². The summed E-state index contributed by atoms with van der Waals surface area (Å²) in [6.45, 7) is 1.89. The lowest BCUT2D eigenvalue weighted by atomic mass is 10.2. The molecule has 0 spiro atoms. The molecule has 0 unspecified atom stereocenters. The third-order valence-corrected chi connectivity index (χ3v) is 3.28. The largest absolute Gasteiger partial charge is 0.497 e. The van der Waals surface area contributed by atoms with Crippen LogP contribution in [0, 0.1) is 6.92 Å². The zero-order valence-electron chi connectivity index (χ0n) is 11.7. The third-order valence-electron chi connectivity index (χ3n) is 3.28. The van der Waals surface area contributed by atoms with Crippen LogP contribution in [0.2, 0.25) is 0 Å². The van der Waals surface area contributed by atoms with Crippen LogP contribution in [-0.2, 0) is 0 Å². The van der Waals surface area contributed by atoms with Crippen LogP contribution in [0.25, 0.3) is 11.0 Å². The van der Waals surface area contributed by atoms with E-state index in [1.807, 2.05) is 55.4 Å². The zero-order chi connectivity index (χ0) is 14.1. The Kier molecular flexibility index (Phi) is 3.02. The maximum Gasteiger partial charge on any atom is 0.146 e. The van der Waals surface area contributed by atoms with Crippen molar-refractivity contribution >= 4 is 22.5 Å². The molecular formula is C15H16N4O. The monoisotopic (exact) mass is 268 g/mol. The summed E-state index contributed by atoms with van der Waals surface area (Å²) in [4.78, 5) is 14.1. The molecule has 5 nitrogen and oxygen atoms in total.